The Labute approximate surface area is 127 Å². The molecule has 0 rings (SSSR count). The lowest BCUT2D eigenvalue weighted by molar-refractivity contribution is 0.146. The van der Waals surface area contributed by atoms with Crippen molar-refractivity contribution in [1.82, 2.24) is 10.6 Å². The number of thioether (sulfide) groups is 1. The van der Waals surface area contributed by atoms with Crippen LogP contribution in [-0.2, 0) is 4.74 Å². The molecule has 0 aromatic rings. The zero-order valence-corrected chi connectivity index (χ0v) is 14.3. The molecule has 2 N–H and O–H groups in total. The summed E-state index contributed by atoms with van der Waals surface area (Å²) in [7, 11) is 0. The first-order chi connectivity index (χ1) is 7.85. The number of guanidine groups is 1. The Hall–Kier alpha value is 0.310. The Kier molecular flexibility index (Phi) is 18.8. The van der Waals surface area contributed by atoms with Crippen molar-refractivity contribution in [1.29, 1.82) is 0 Å². The van der Waals surface area contributed by atoms with Crippen LogP contribution < -0.4 is 10.6 Å². The Morgan fingerprint density at radius 3 is 2.65 bits per heavy atom. The van der Waals surface area contributed by atoms with E-state index in [-0.39, 0.29) is 24.0 Å². The summed E-state index contributed by atoms with van der Waals surface area (Å²) in [5.41, 5.74) is 0. The second-order valence-corrected chi connectivity index (χ2v) is 4.22. The highest BCUT2D eigenvalue weighted by Gasteiger charge is 1.95. The molecule has 4 nitrogen and oxygen atoms in total. The van der Waals surface area contributed by atoms with E-state index in [1.807, 2.05) is 18.7 Å². The average Bonchev–Trinajstić information content (AvgIpc) is 2.29. The van der Waals surface area contributed by atoms with E-state index >= 15 is 0 Å². The van der Waals surface area contributed by atoms with Crippen LogP contribution in [0.2, 0.25) is 0 Å². The number of nitrogens with zero attached hydrogens (tertiary/aromatic N) is 1. The molecule has 0 saturated heterocycles. The molecule has 0 fully saturated rings. The minimum absolute atomic E-state index is 0. The third-order valence-corrected chi connectivity index (χ3v) is 2.48. The smallest absolute Gasteiger partial charge is 0.191 e. The van der Waals surface area contributed by atoms with Gasteiger partial charge < -0.3 is 15.4 Å². The van der Waals surface area contributed by atoms with E-state index in [0.29, 0.717) is 0 Å². The predicted octanol–water partition coefficient (Wildman–Crippen LogP) is 1.95. The van der Waals surface area contributed by atoms with E-state index in [2.05, 4.69) is 28.8 Å². The molecule has 0 radical (unpaired) electrons. The lowest BCUT2D eigenvalue weighted by atomic mass is 10.4. The number of nitrogens with one attached hydrogen (secondary N) is 2. The minimum Gasteiger partial charge on any atom is -0.382 e. The molecule has 17 heavy (non-hydrogen) atoms. The van der Waals surface area contributed by atoms with Crippen molar-refractivity contribution in [2.45, 2.75) is 20.3 Å². The van der Waals surface area contributed by atoms with E-state index in [0.717, 1.165) is 51.0 Å². The third-order valence-electron chi connectivity index (χ3n) is 1.86. The van der Waals surface area contributed by atoms with Crippen molar-refractivity contribution in [2.24, 2.45) is 4.99 Å². The lowest BCUT2D eigenvalue weighted by Crippen LogP contribution is -2.38. The van der Waals surface area contributed by atoms with Crippen molar-refractivity contribution in [3.8, 4) is 0 Å². The SMILES string of the molecule is CCNC(=NCCCOCC)NCCSC.I. The normalized spacial score (nSPS) is 10.9. The van der Waals surface area contributed by atoms with Crippen LogP contribution in [-0.4, -0.2) is 50.8 Å². The molecule has 6 heteroatoms. The predicted molar refractivity (Wildman–Crippen MR) is 88.9 cm³/mol. The van der Waals surface area contributed by atoms with Gasteiger partial charge >= 0.3 is 0 Å². The van der Waals surface area contributed by atoms with Crippen molar-refractivity contribution < 1.29 is 4.74 Å². The zero-order chi connectivity index (χ0) is 12.1. The van der Waals surface area contributed by atoms with Crippen molar-refractivity contribution in [3.63, 3.8) is 0 Å². The monoisotopic (exact) mass is 375 g/mol. The fourth-order valence-electron chi connectivity index (χ4n) is 1.12. The van der Waals surface area contributed by atoms with E-state index < -0.39 is 0 Å². The summed E-state index contributed by atoms with van der Waals surface area (Å²) >= 11 is 1.83. The van der Waals surface area contributed by atoms with Gasteiger partial charge in [-0.15, -0.1) is 24.0 Å². The van der Waals surface area contributed by atoms with Gasteiger partial charge in [0, 0.05) is 38.6 Å². The highest BCUT2D eigenvalue weighted by atomic mass is 127. The minimum atomic E-state index is 0. The molecular weight excluding hydrogens is 349 g/mol. The third kappa shape index (κ3) is 14.2. The molecular formula is C11H26IN3OS. The molecule has 0 saturated carbocycles. The van der Waals surface area contributed by atoms with Gasteiger partial charge in [-0.3, -0.25) is 4.99 Å². The molecule has 0 unspecified atom stereocenters. The van der Waals surface area contributed by atoms with E-state index in [1.54, 1.807) is 0 Å². The Morgan fingerprint density at radius 1 is 1.29 bits per heavy atom. The first kappa shape index (κ1) is 19.6. The van der Waals surface area contributed by atoms with Gasteiger partial charge in [-0.2, -0.15) is 11.8 Å². The van der Waals surface area contributed by atoms with E-state index in [9.17, 15) is 0 Å². The summed E-state index contributed by atoms with van der Waals surface area (Å²) in [5, 5.41) is 6.51. The van der Waals surface area contributed by atoms with Crippen LogP contribution in [0.4, 0.5) is 0 Å². The van der Waals surface area contributed by atoms with Crippen LogP contribution in [0.1, 0.15) is 20.3 Å². The average molecular weight is 375 g/mol. The second kappa shape index (κ2) is 16.3. The fourth-order valence-corrected chi connectivity index (χ4v) is 1.42. The van der Waals surface area contributed by atoms with E-state index in [1.165, 1.54) is 0 Å². The zero-order valence-electron chi connectivity index (χ0n) is 11.1. The maximum absolute atomic E-state index is 5.26. The summed E-state index contributed by atoms with van der Waals surface area (Å²) in [6, 6.07) is 0. The molecule has 0 heterocycles. The van der Waals surface area contributed by atoms with Crippen molar-refractivity contribution >= 4 is 41.7 Å². The van der Waals surface area contributed by atoms with Crippen LogP contribution in [0, 0.1) is 0 Å². The first-order valence-electron chi connectivity index (χ1n) is 5.94. The van der Waals surface area contributed by atoms with Crippen LogP contribution in [0.15, 0.2) is 4.99 Å². The number of aliphatic imine (C=N–C) groups is 1. The van der Waals surface area contributed by atoms with E-state index in [4.69, 9.17) is 4.74 Å². The fraction of sp³-hybridized carbons (Fsp3) is 0.909. The molecule has 0 aliphatic rings. The first-order valence-corrected chi connectivity index (χ1v) is 7.33. The molecule has 0 amide bonds. The number of halogens is 1. The van der Waals surface area contributed by atoms with Gasteiger partial charge in [-0.05, 0) is 26.5 Å². The second-order valence-electron chi connectivity index (χ2n) is 3.23. The number of hydrogen-bond acceptors (Lipinski definition) is 3. The maximum atomic E-state index is 5.26. The quantitative estimate of drug-likeness (QED) is 0.280. The Bertz CT molecular complexity index is 182. The summed E-state index contributed by atoms with van der Waals surface area (Å²) in [4.78, 5) is 4.46. The van der Waals surface area contributed by atoms with Gasteiger partial charge in [0.15, 0.2) is 5.96 Å². The van der Waals surface area contributed by atoms with Crippen molar-refractivity contribution in [2.75, 3.05) is 44.9 Å². The topological polar surface area (TPSA) is 45.7 Å². The van der Waals surface area contributed by atoms with Gasteiger partial charge in [0.2, 0.25) is 0 Å². The van der Waals surface area contributed by atoms with Gasteiger partial charge in [0.1, 0.15) is 0 Å². The van der Waals surface area contributed by atoms with Crippen molar-refractivity contribution in [3.05, 3.63) is 0 Å². The maximum Gasteiger partial charge on any atom is 0.191 e. The molecule has 0 aromatic carbocycles. The Morgan fingerprint density at radius 2 is 2.06 bits per heavy atom. The largest absolute Gasteiger partial charge is 0.382 e. The summed E-state index contributed by atoms with van der Waals surface area (Å²) in [5.74, 6) is 2.01. The molecule has 0 aliphatic heterocycles. The van der Waals surface area contributed by atoms with Crippen LogP contribution in [0.3, 0.4) is 0 Å². The molecule has 0 aliphatic carbocycles. The number of hydrogen-bond donors (Lipinski definition) is 2. The highest BCUT2D eigenvalue weighted by Crippen LogP contribution is 1.88. The summed E-state index contributed by atoms with van der Waals surface area (Å²) < 4.78 is 5.26. The standard InChI is InChI=1S/C11H25N3OS.HI/c1-4-12-11(14-8-10-16-3)13-7-6-9-15-5-2;/h4-10H2,1-3H3,(H2,12,13,14);1H. The molecule has 0 aromatic heterocycles. The van der Waals surface area contributed by atoms with Crippen LogP contribution >= 0.6 is 35.7 Å². The summed E-state index contributed by atoms with van der Waals surface area (Å²) in [6.45, 7) is 8.34. The van der Waals surface area contributed by atoms with Gasteiger partial charge in [-0.1, -0.05) is 0 Å². The van der Waals surface area contributed by atoms with Gasteiger partial charge in [-0.25, -0.2) is 0 Å². The molecule has 0 bridgehead atoms. The molecule has 0 spiro atoms. The number of rotatable bonds is 9. The lowest BCUT2D eigenvalue weighted by Gasteiger charge is -2.10. The number of ether oxygens (including phenoxy) is 1. The van der Waals surface area contributed by atoms with Gasteiger partial charge in [0.05, 0.1) is 0 Å². The summed E-state index contributed by atoms with van der Waals surface area (Å²) in [6.07, 6.45) is 3.08. The molecule has 0 atom stereocenters. The van der Waals surface area contributed by atoms with Crippen LogP contribution in [0.25, 0.3) is 0 Å². The molecule has 104 valence electrons. The van der Waals surface area contributed by atoms with Gasteiger partial charge in [0.25, 0.3) is 0 Å². The highest BCUT2D eigenvalue weighted by molar-refractivity contribution is 14.0. The Balaban J connectivity index is 0. The van der Waals surface area contributed by atoms with Crippen LogP contribution in [0.5, 0.6) is 0 Å².